The van der Waals surface area contributed by atoms with E-state index in [1.165, 1.54) is 0 Å². The first-order chi connectivity index (χ1) is 9.46. The molecule has 0 aromatic rings. The van der Waals surface area contributed by atoms with Crippen molar-refractivity contribution in [2.45, 2.75) is 30.3 Å². The minimum Gasteiger partial charge on any atom is -0.394 e. The lowest BCUT2D eigenvalue weighted by molar-refractivity contribution is -0.0883. The molecular weight excluding hydrogens is 273 g/mol. The number of alkyl halides is 1. The van der Waals surface area contributed by atoms with Crippen LogP contribution >= 0.6 is 0 Å². The molecule has 5 atom stereocenters. The van der Waals surface area contributed by atoms with Gasteiger partial charge in [0.1, 0.15) is 24.7 Å². The second-order valence-corrected chi connectivity index (χ2v) is 4.55. The molecule has 20 heavy (non-hydrogen) atoms. The quantitative estimate of drug-likeness (QED) is 0.409. The Hall–Kier alpha value is -1.75. The van der Waals surface area contributed by atoms with Crippen LogP contribution in [0.3, 0.4) is 0 Å². The molecule has 0 amide bonds. The van der Waals surface area contributed by atoms with Gasteiger partial charge < -0.3 is 25.8 Å². The Morgan fingerprint density at radius 2 is 2.10 bits per heavy atom. The van der Waals surface area contributed by atoms with Crippen molar-refractivity contribution in [3.8, 4) is 0 Å². The Balaban J connectivity index is 1.96. The number of hydrogen-bond acceptors (Lipinski definition) is 9. The van der Waals surface area contributed by atoms with Crippen molar-refractivity contribution in [3.05, 3.63) is 0 Å². The number of aliphatic hydroxyl groups excluding tert-OH is 3. The van der Waals surface area contributed by atoms with Gasteiger partial charge in [-0.2, -0.15) is 4.39 Å². The average Bonchev–Trinajstić information content (AvgIpc) is 2.96. The van der Waals surface area contributed by atoms with Crippen molar-refractivity contribution in [2.75, 3.05) is 6.61 Å². The van der Waals surface area contributed by atoms with Crippen LogP contribution in [0.1, 0.15) is 0 Å². The molecule has 3 heterocycles. The van der Waals surface area contributed by atoms with Crippen LogP contribution in [0.2, 0.25) is 0 Å². The first kappa shape index (κ1) is 13.2. The molecule has 108 valence electrons. The second-order valence-electron chi connectivity index (χ2n) is 4.55. The number of aliphatic hydroxyl groups is 3. The molecule has 2 unspecified atom stereocenters. The maximum absolute atomic E-state index is 14.8. The number of halogens is 1. The number of fused-ring (bicyclic) bond motifs is 1. The standard InChI is InChI=1S/C10H12FN5O4/c11-10(7-6(19)5(18)3(1-17)20-7)15-8(12)4-9(16-10)14-2-13-4/h2-3,5-7,17-19H,1H2,(H2,12,15)/t3-,5-,6+,7?,10?/m1/s1. The second kappa shape index (κ2) is 4.38. The van der Waals surface area contributed by atoms with Gasteiger partial charge in [-0.15, -0.1) is 0 Å². The summed E-state index contributed by atoms with van der Waals surface area (Å²) in [6, 6.07) is 0. The summed E-state index contributed by atoms with van der Waals surface area (Å²) in [4.78, 5) is 14.7. The van der Waals surface area contributed by atoms with Gasteiger partial charge in [-0.25, -0.2) is 20.0 Å². The molecule has 0 saturated carbocycles. The summed E-state index contributed by atoms with van der Waals surface area (Å²) >= 11 is 0. The van der Waals surface area contributed by atoms with E-state index in [4.69, 9.17) is 15.6 Å². The highest BCUT2D eigenvalue weighted by molar-refractivity contribution is 6.70. The summed E-state index contributed by atoms with van der Waals surface area (Å²) in [6.07, 6.45) is -4.63. The Bertz CT molecular complexity index is 562. The van der Waals surface area contributed by atoms with Gasteiger partial charge in [0.15, 0.2) is 23.5 Å². The molecule has 9 nitrogen and oxygen atoms in total. The molecule has 1 saturated heterocycles. The van der Waals surface area contributed by atoms with E-state index in [2.05, 4.69) is 20.0 Å². The van der Waals surface area contributed by atoms with Gasteiger partial charge in [0.05, 0.1) is 6.61 Å². The molecule has 1 fully saturated rings. The molecule has 0 bridgehead atoms. The van der Waals surface area contributed by atoms with Crippen molar-refractivity contribution in [1.29, 1.82) is 0 Å². The van der Waals surface area contributed by atoms with Gasteiger partial charge in [0, 0.05) is 0 Å². The summed E-state index contributed by atoms with van der Waals surface area (Å²) in [5.41, 5.74) is 5.72. The zero-order valence-electron chi connectivity index (χ0n) is 10.1. The molecule has 10 heteroatoms. The fraction of sp³-hybridized carbons (Fsp3) is 0.600. The smallest absolute Gasteiger partial charge is 0.327 e. The van der Waals surface area contributed by atoms with Gasteiger partial charge in [0.2, 0.25) is 0 Å². The van der Waals surface area contributed by atoms with E-state index in [1.54, 1.807) is 0 Å². The van der Waals surface area contributed by atoms with E-state index in [-0.39, 0.29) is 17.4 Å². The van der Waals surface area contributed by atoms with Gasteiger partial charge in [-0.1, -0.05) is 0 Å². The SMILES string of the molecule is NC1=NC(F)(C2O[C@H](CO)[C@@H](O)[C@@H]2O)N=C2N=CN=C12. The fourth-order valence-electron chi connectivity index (χ4n) is 2.25. The van der Waals surface area contributed by atoms with Crippen LogP contribution in [-0.2, 0) is 4.74 Å². The summed E-state index contributed by atoms with van der Waals surface area (Å²) in [5, 5.41) is 28.5. The van der Waals surface area contributed by atoms with Gasteiger partial charge in [-0.05, 0) is 0 Å². The van der Waals surface area contributed by atoms with Crippen LogP contribution in [-0.4, -0.2) is 76.0 Å². The normalized spacial score (nSPS) is 43.1. The lowest BCUT2D eigenvalue weighted by Crippen LogP contribution is -2.49. The van der Waals surface area contributed by atoms with E-state index < -0.39 is 36.9 Å². The predicted octanol–water partition coefficient (Wildman–Crippen LogP) is -2.66. The third kappa shape index (κ3) is 1.77. The third-order valence-electron chi connectivity index (χ3n) is 3.27. The number of nitrogens with zero attached hydrogens (tertiary/aromatic N) is 4. The van der Waals surface area contributed by atoms with E-state index in [1.807, 2.05) is 0 Å². The third-order valence-corrected chi connectivity index (χ3v) is 3.27. The summed E-state index contributed by atoms with van der Waals surface area (Å²) < 4.78 is 19.9. The zero-order chi connectivity index (χ0) is 14.5. The highest BCUT2D eigenvalue weighted by atomic mass is 19.1. The summed E-state index contributed by atoms with van der Waals surface area (Å²) in [6.45, 7) is -0.578. The van der Waals surface area contributed by atoms with Crippen molar-refractivity contribution in [1.82, 2.24) is 0 Å². The molecule has 0 radical (unpaired) electrons. The van der Waals surface area contributed by atoms with Crippen molar-refractivity contribution >= 4 is 23.7 Å². The molecular formula is C10H12FN5O4. The maximum Gasteiger partial charge on any atom is 0.327 e. The molecule has 0 aliphatic carbocycles. The fourth-order valence-corrected chi connectivity index (χ4v) is 2.25. The molecule has 5 N–H and O–H groups in total. The minimum absolute atomic E-state index is 0.0576. The molecule has 3 aliphatic heterocycles. The van der Waals surface area contributed by atoms with E-state index in [0.717, 1.165) is 6.34 Å². The summed E-state index contributed by atoms with van der Waals surface area (Å²) in [7, 11) is 0. The predicted molar refractivity (Wildman–Crippen MR) is 66.6 cm³/mol. The Kier molecular flexibility index (Phi) is 2.90. The van der Waals surface area contributed by atoms with Crippen molar-refractivity contribution < 1.29 is 24.4 Å². The molecule has 0 spiro atoms. The Morgan fingerprint density at radius 1 is 1.35 bits per heavy atom. The average molecular weight is 285 g/mol. The topological polar surface area (TPSA) is 145 Å². The molecule has 0 aromatic heterocycles. The van der Waals surface area contributed by atoms with Crippen LogP contribution in [0.4, 0.5) is 4.39 Å². The van der Waals surface area contributed by atoms with E-state index in [0.29, 0.717) is 0 Å². The number of amidine groups is 2. The van der Waals surface area contributed by atoms with E-state index >= 15 is 0 Å². The highest BCUT2D eigenvalue weighted by Crippen LogP contribution is 2.35. The zero-order valence-corrected chi connectivity index (χ0v) is 10.1. The van der Waals surface area contributed by atoms with E-state index in [9.17, 15) is 14.6 Å². The largest absolute Gasteiger partial charge is 0.394 e. The van der Waals surface area contributed by atoms with Crippen molar-refractivity contribution in [2.24, 2.45) is 25.7 Å². The minimum atomic E-state index is -2.73. The molecule has 3 aliphatic rings. The Morgan fingerprint density at radius 3 is 2.75 bits per heavy atom. The Labute approximate surface area is 112 Å². The van der Waals surface area contributed by atoms with Crippen LogP contribution in [0.25, 0.3) is 0 Å². The maximum atomic E-state index is 14.8. The van der Waals surface area contributed by atoms with Crippen LogP contribution < -0.4 is 5.73 Å². The highest BCUT2D eigenvalue weighted by Gasteiger charge is 2.56. The molecule has 0 aromatic carbocycles. The van der Waals surface area contributed by atoms with Crippen LogP contribution in [0.15, 0.2) is 20.0 Å². The monoisotopic (exact) mass is 285 g/mol. The summed E-state index contributed by atoms with van der Waals surface area (Å²) in [5.74, 6) is -3.02. The number of rotatable bonds is 2. The van der Waals surface area contributed by atoms with Gasteiger partial charge in [-0.3, -0.25) is 0 Å². The first-order valence-electron chi connectivity index (χ1n) is 5.84. The number of aliphatic imine (C=N–C) groups is 4. The van der Waals surface area contributed by atoms with Gasteiger partial charge >= 0.3 is 5.92 Å². The van der Waals surface area contributed by atoms with Crippen LogP contribution in [0, 0.1) is 0 Å². The number of hydrogen-bond donors (Lipinski definition) is 4. The molecule has 3 rings (SSSR count). The lowest BCUT2D eigenvalue weighted by atomic mass is 10.0. The lowest BCUT2D eigenvalue weighted by Gasteiger charge is -2.28. The van der Waals surface area contributed by atoms with Gasteiger partial charge in [0.25, 0.3) is 0 Å². The first-order valence-corrected chi connectivity index (χ1v) is 5.84. The van der Waals surface area contributed by atoms with Crippen molar-refractivity contribution in [3.63, 3.8) is 0 Å². The number of ether oxygens (including phenoxy) is 1. The van der Waals surface area contributed by atoms with Crippen LogP contribution in [0.5, 0.6) is 0 Å². The number of nitrogens with two attached hydrogens (primary N) is 1.